The van der Waals surface area contributed by atoms with E-state index in [4.69, 9.17) is 4.74 Å². The molecule has 2 nitrogen and oxygen atoms in total. The number of nitrogens with one attached hydrogen (secondary N) is 1. The minimum absolute atomic E-state index is 0.482. The molecule has 0 saturated carbocycles. The Kier molecular flexibility index (Phi) is 3.72. The van der Waals surface area contributed by atoms with Crippen molar-refractivity contribution in [2.24, 2.45) is 0 Å². The van der Waals surface area contributed by atoms with Crippen LogP contribution in [0.3, 0.4) is 0 Å². The van der Waals surface area contributed by atoms with E-state index in [2.05, 4.69) is 5.32 Å². The number of alkyl halides is 2. The van der Waals surface area contributed by atoms with Gasteiger partial charge in [-0.05, 0) is 36.6 Å². The summed E-state index contributed by atoms with van der Waals surface area (Å²) in [7, 11) is 0. The highest BCUT2D eigenvalue weighted by Crippen LogP contribution is 2.25. The predicted molar refractivity (Wildman–Crippen MR) is 58.2 cm³/mol. The third-order valence-corrected chi connectivity index (χ3v) is 2.77. The fourth-order valence-electron chi connectivity index (χ4n) is 1.96. The van der Waals surface area contributed by atoms with Crippen molar-refractivity contribution in [2.45, 2.75) is 18.8 Å². The standard InChI is InChI=1S/C12H15F2NO/c13-12(14)8-16-11-3-1-2-9(6-11)10-4-5-15-7-10/h1-3,6,10,12,15H,4-5,7-8H2. The summed E-state index contributed by atoms with van der Waals surface area (Å²) < 4.78 is 29.0. The summed E-state index contributed by atoms with van der Waals surface area (Å²) in [6.45, 7) is 1.44. The monoisotopic (exact) mass is 227 g/mol. The summed E-state index contributed by atoms with van der Waals surface area (Å²) in [4.78, 5) is 0. The van der Waals surface area contributed by atoms with Gasteiger partial charge in [-0.2, -0.15) is 0 Å². The molecule has 0 amide bonds. The maximum Gasteiger partial charge on any atom is 0.272 e. The molecule has 16 heavy (non-hydrogen) atoms. The Bertz CT molecular complexity index is 338. The molecule has 1 saturated heterocycles. The lowest BCUT2D eigenvalue weighted by molar-refractivity contribution is 0.0818. The molecule has 1 aromatic rings. The Morgan fingerprint density at radius 1 is 1.44 bits per heavy atom. The second-order valence-electron chi connectivity index (χ2n) is 3.96. The van der Waals surface area contributed by atoms with Gasteiger partial charge in [0.1, 0.15) is 12.4 Å². The van der Waals surface area contributed by atoms with E-state index >= 15 is 0 Å². The number of rotatable bonds is 4. The zero-order chi connectivity index (χ0) is 11.4. The first-order valence-electron chi connectivity index (χ1n) is 5.47. The van der Waals surface area contributed by atoms with Gasteiger partial charge >= 0.3 is 0 Å². The van der Waals surface area contributed by atoms with Crippen molar-refractivity contribution in [1.29, 1.82) is 0 Å². The fraction of sp³-hybridized carbons (Fsp3) is 0.500. The van der Waals surface area contributed by atoms with Crippen molar-refractivity contribution in [3.8, 4) is 5.75 Å². The molecular formula is C12H15F2NO. The first-order valence-corrected chi connectivity index (χ1v) is 5.47. The highest BCUT2D eigenvalue weighted by molar-refractivity contribution is 5.31. The molecule has 1 aromatic carbocycles. The molecule has 1 atom stereocenters. The van der Waals surface area contributed by atoms with E-state index in [1.54, 1.807) is 6.07 Å². The van der Waals surface area contributed by atoms with Crippen LogP contribution in [0.5, 0.6) is 5.75 Å². The van der Waals surface area contributed by atoms with Gasteiger partial charge in [-0.15, -0.1) is 0 Å². The average molecular weight is 227 g/mol. The maximum atomic E-state index is 12.0. The first-order chi connectivity index (χ1) is 7.75. The van der Waals surface area contributed by atoms with Gasteiger partial charge in [0, 0.05) is 6.54 Å². The molecule has 88 valence electrons. The van der Waals surface area contributed by atoms with Crippen LogP contribution in [0.1, 0.15) is 17.9 Å². The van der Waals surface area contributed by atoms with Crippen LogP contribution in [0, 0.1) is 0 Å². The zero-order valence-electron chi connectivity index (χ0n) is 8.96. The third kappa shape index (κ3) is 2.92. The molecule has 0 aliphatic carbocycles. The lowest BCUT2D eigenvalue weighted by Crippen LogP contribution is -2.09. The van der Waals surface area contributed by atoms with Gasteiger partial charge in [-0.25, -0.2) is 8.78 Å². The highest BCUT2D eigenvalue weighted by Gasteiger charge is 2.16. The van der Waals surface area contributed by atoms with Crippen LogP contribution in [0.25, 0.3) is 0 Å². The minimum Gasteiger partial charge on any atom is -0.488 e. The van der Waals surface area contributed by atoms with Gasteiger partial charge in [-0.3, -0.25) is 0 Å². The Morgan fingerprint density at radius 2 is 2.31 bits per heavy atom. The van der Waals surface area contributed by atoms with Gasteiger partial charge in [0.15, 0.2) is 0 Å². The van der Waals surface area contributed by atoms with Crippen LogP contribution in [-0.4, -0.2) is 26.1 Å². The predicted octanol–water partition coefficient (Wildman–Crippen LogP) is 2.41. The van der Waals surface area contributed by atoms with E-state index in [9.17, 15) is 8.78 Å². The Morgan fingerprint density at radius 3 is 3.00 bits per heavy atom. The molecule has 1 N–H and O–H groups in total. The van der Waals surface area contributed by atoms with Crippen LogP contribution < -0.4 is 10.1 Å². The van der Waals surface area contributed by atoms with Crippen LogP contribution in [0.2, 0.25) is 0 Å². The largest absolute Gasteiger partial charge is 0.488 e. The molecule has 0 aromatic heterocycles. The topological polar surface area (TPSA) is 21.3 Å². The Hall–Kier alpha value is -1.16. The van der Waals surface area contributed by atoms with Crippen LogP contribution >= 0.6 is 0 Å². The molecule has 1 heterocycles. The molecule has 0 radical (unpaired) electrons. The maximum absolute atomic E-state index is 12.0. The van der Waals surface area contributed by atoms with Crippen molar-refractivity contribution in [3.05, 3.63) is 29.8 Å². The Labute approximate surface area is 93.6 Å². The lowest BCUT2D eigenvalue weighted by atomic mass is 9.98. The summed E-state index contributed by atoms with van der Waals surface area (Å²) in [5.74, 6) is 1.01. The van der Waals surface area contributed by atoms with E-state index in [1.165, 1.54) is 0 Å². The van der Waals surface area contributed by atoms with Gasteiger partial charge in [0.05, 0.1) is 0 Å². The zero-order valence-corrected chi connectivity index (χ0v) is 8.96. The van der Waals surface area contributed by atoms with Crippen LogP contribution in [0.15, 0.2) is 24.3 Å². The number of hydrogen-bond donors (Lipinski definition) is 1. The van der Waals surface area contributed by atoms with E-state index in [-0.39, 0.29) is 0 Å². The van der Waals surface area contributed by atoms with Crippen molar-refractivity contribution in [2.75, 3.05) is 19.7 Å². The Balaban J connectivity index is 2.01. The summed E-state index contributed by atoms with van der Waals surface area (Å²) in [6, 6.07) is 7.45. The minimum atomic E-state index is -2.42. The molecule has 0 spiro atoms. The number of ether oxygens (including phenoxy) is 1. The number of benzene rings is 1. The van der Waals surface area contributed by atoms with E-state index in [0.29, 0.717) is 11.7 Å². The third-order valence-electron chi connectivity index (χ3n) is 2.77. The van der Waals surface area contributed by atoms with Gasteiger partial charge in [-0.1, -0.05) is 12.1 Å². The van der Waals surface area contributed by atoms with Crippen molar-refractivity contribution in [1.82, 2.24) is 5.32 Å². The quantitative estimate of drug-likeness (QED) is 0.852. The van der Waals surface area contributed by atoms with Crippen molar-refractivity contribution in [3.63, 3.8) is 0 Å². The summed E-state index contributed by atoms with van der Waals surface area (Å²) >= 11 is 0. The summed E-state index contributed by atoms with van der Waals surface area (Å²) in [6.07, 6.45) is -1.32. The smallest absolute Gasteiger partial charge is 0.272 e. The molecule has 2 rings (SSSR count). The fourth-order valence-corrected chi connectivity index (χ4v) is 1.96. The molecular weight excluding hydrogens is 212 g/mol. The normalized spacial score (nSPS) is 20.3. The molecule has 4 heteroatoms. The van der Waals surface area contributed by atoms with Crippen molar-refractivity contribution < 1.29 is 13.5 Å². The van der Waals surface area contributed by atoms with Crippen LogP contribution in [-0.2, 0) is 0 Å². The summed E-state index contributed by atoms with van der Waals surface area (Å²) in [5.41, 5.74) is 1.16. The number of hydrogen-bond acceptors (Lipinski definition) is 2. The molecule has 1 aliphatic rings. The average Bonchev–Trinajstić information content (AvgIpc) is 2.80. The lowest BCUT2D eigenvalue weighted by Gasteiger charge is -2.11. The first kappa shape index (κ1) is 11.3. The van der Waals surface area contributed by atoms with Gasteiger partial charge in [0.2, 0.25) is 0 Å². The highest BCUT2D eigenvalue weighted by atomic mass is 19.3. The second-order valence-corrected chi connectivity index (χ2v) is 3.96. The van der Waals surface area contributed by atoms with Crippen LogP contribution in [0.4, 0.5) is 8.78 Å². The molecule has 1 unspecified atom stereocenters. The van der Waals surface area contributed by atoms with E-state index in [0.717, 1.165) is 25.1 Å². The van der Waals surface area contributed by atoms with E-state index < -0.39 is 13.0 Å². The second kappa shape index (κ2) is 5.25. The van der Waals surface area contributed by atoms with Crippen molar-refractivity contribution >= 4 is 0 Å². The summed E-state index contributed by atoms with van der Waals surface area (Å²) in [5, 5.41) is 3.28. The number of halogens is 2. The SMILES string of the molecule is FC(F)COc1cccc(C2CCNC2)c1. The van der Waals surface area contributed by atoms with E-state index in [1.807, 2.05) is 18.2 Å². The molecule has 0 bridgehead atoms. The van der Waals surface area contributed by atoms with Gasteiger partial charge < -0.3 is 10.1 Å². The molecule has 1 aliphatic heterocycles. The molecule has 1 fully saturated rings. The van der Waals surface area contributed by atoms with Gasteiger partial charge in [0.25, 0.3) is 6.43 Å².